The molecular weight excluding hydrogens is 326 g/mol. The lowest BCUT2D eigenvalue weighted by Gasteiger charge is -2.33. The highest BCUT2D eigenvalue weighted by Gasteiger charge is 2.25. The average Bonchev–Trinajstić information content (AvgIpc) is 2.57. The highest BCUT2D eigenvalue weighted by molar-refractivity contribution is 6.30. The number of hydrogen-bond acceptors (Lipinski definition) is 3. The first-order chi connectivity index (χ1) is 11.5. The molecule has 0 bridgehead atoms. The summed E-state index contributed by atoms with van der Waals surface area (Å²) >= 11 is 6.05. The molecule has 1 unspecified atom stereocenters. The van der Waals surface area contributed by atoms with Crippen LogP contribution in [-0.4, -0.2) is 35.6 Å². The molecule has 1 fully saturated rings. The van der Waals surface area contributed by atoms with Crippen molar-refractivity contribution in [2.75, 3.05) is 25.0 Å². The Morgan fingerprint density at radius 3 is 2.92 bits per heavy atom. The van der Waals surface area contributed by atoms with Crippen LogP contribution < -0.4 is 5.32 Å². The second-order valence-electron chi connectivity index (χ2n) is 5.88. The lowest BCUT2D eigenvalue weighted by molar-refractivity contribution is -0.0135. The molecule has 3 rings (SSSR count). The summed E-state index contributed by atoms with van der Waals surface area (Å²) in [6, 6.07) is 11.2. The summed E-state index contributed by atoms with van der Waals surface area (Å²) < 4.78 is 5.80. The molecule has 6 heteroatoms. The van der Waals surface area contributed by atoms with E-state index in [0.717, 1.165) is 22.6 Å². The van der Waals surface area contributed by atoms with Crippen LogP contribution in [0, 0.1) is 13.8 Å². The van der Waals surface area contributed by atoms with Crippen LogP contribution in [0.3, 0.4) is 0 Å². The van der Waals surface area contributed by atoms with Crippen molar-refractivity contribution in [3.63, 3.8) is 0 Å². The number of aryl methyl sites for hydroxylation is 2. The van der Waals surface area contributed by atoms with Gasteiger partial charge >= 0.3 is 6.03 Å². The third kappa shape index (κ3) is 3.86. The van der Waals surface area contributed by atoms with Gasteiger partial charge in [0.25, 0.3) is 0 Å². The van der Waals surface area contributed by atoms with Crippen LogP contribution in [0.4, 0.5) is 10.5 Å². The van der Waals surface area contributed by atoms with Crippen LogP contribution in [0.1, 0.15) is 23.1 Å². The van der Waals surface area contributed by atoms with Gasteiger partial charge in [-0.15, -0.1) is 0 Å². The molecule has 0 saturated carbocycles. The Morgan fingerprint density at radius 2 is 2.17 bits per heavy atom. The summed E-state index contributed by atoms with van der Waals surface area (Å²) in [6.07, 6.45) is -0.166. The maximum atomic E-state index is 12.6. The Bertz CT molecular complexity index is 751. The van der Waals surface area contributed by atoms with Crippen LogP contribution in [0.5, 0.6) is 0 Å². The van der Waals surface area contributed by atoms with Crippen LogP contribution in [-0.2, 0) is 4.74 Å². The number of aromatic nitrogens is 1. The zero-order chi connectivity index (χ0) is 17.1. The van der Waals surface area contributed by atoms with E-state index in [0.29, 0.717) is 24.7 Å². The second kappa shape index (κ2) is 7.20. The third-order valence-electron chi connectivity index (χ3n) is 4.04. The standard InChI is InChI=1S/C18H20ClN3O2/c1-12-6-7-16(13(2)20-12)21-18(23)22-8-9-24-17(11-22)14-4-3-5-15(19)10-14/h3-7,10,17H,8-9,11H2,1-2H3,(H,21,23). The molecule has 0 aliphatic carbocycles. The predicted octanol–water partition coefficient (Wildman–Crippen LogP) is 3.96. The van der Waals surface area contributed by atoms with Crippen molar-refractivity contribution in [1.29, 1.82) is 0 Å². The van der Waals surface area contributed by atoms with Crippen molar-refractivity contribution < 1.29 is 9.53 Å². The number of anilines is 1. The lowest BCUT2D eigenvalue weighted by atomic mass is 10.1. The molecule has 1 N–H and O–H groups in total. The topological polar surface area (TPSA) is 54.5 Å². The first-order valence-corrected chi connectivity index (χ1v) is 8.28. The zero-order valence-corrected chi connectivity index (χ0v) is 14.5. The first kappa shape index (κ1) is 16.7. The van der Waals surface area contributed by atoms with Gasteiger partial charge in [0.2, 0.25) is 0 Å². The molecule has 2 heterocycles. The molecule has 0 spiro atoms. The van der Waals surface area contributed by atoms with Crippen molar-refractivity contribution >= 4 is 23.3 Å². The maximum Gasteiger partial charge on any atom is 0.322 e. The van der Waals surface area contributed by atoms with Crippen molar-refractivity contribution in [1.82, 2.24) is 9.88 Å². The highest BCUT2D eigenvalue weighted by Crippen LogP contribution is 2.25. The van der Waals surface area contributed by atoms with Gasteiger partial charge in [-0.05, 0) is 43.7 Å². The summed E-state index contributed by atoms with van der Waals surface area (Å²) in [6.45, 7) is 5.36. The van der Waals surface area contributed by atoms with Gasteiger partial charge < -0.3 is 15.0 Å². The van der Waals surface area contributed by atoms with Crippen molar-refractivity contribution in [3.05, 3.63) is 58.4 Å². The van der Waals surface area contributed by atoms with Gasteiger partial charge in [0.15, 0.2) is 0 Å². The van der Waals surface area contributed by atoms with Gasteiger partial charge in [-0.25, -0.2) is 4.79 Å². The molecule has 1 saturated heterocycles. The Kier molecular flexibility index (Phi) is 5.02. The van der Waals surface area contributed by atoms with Crippen LogP contribution in [0.25, 0.3) is 0 Å². The van der Waals surface area contributed by atoms with Gasteiger partial charge in [-0.2, -0.15) is 0 Å². The summed E-state index contributed by atoms with van der Waals surface area (Å²) in [5, 5.41) is 3.60. The minimum atomic E-state index is -0.166. The Labute approximate surface area is 146 Å². The molecule has 5 nitrogen and oxygen atoms in total. The van der Waals surface area contributed by atoms with Gasteiger partial charge in [0.05, 0.1) is 24.5 Å². The van der Waals surface area contributed by atoms with E-state index in [1.54, 1.807) is 4.90 Å². The number of halogens is 1. The number of ether oxygens (including phenoxy) is 1. The number of rotatable bonds is 2. The normalized spacial score (nSPS) is 17.6. The minimum Gasteiger partial charge on any atom is -0.370 e. The van der Waals surface area contributed by atoms with Gasteiger partial charge in [-0.3, -0.25) is 4.98 Å². The zero-order valence-electron chi connectivity index (χ0n) is 13.8. The quantitative estimate of drug-likeness (QED) is 0.896. The van der Waals surface area contributed by atoms with Crippen LogP contribution in [0.2, 0.25) is 5.02 Å². The number of pyridine rings is 1. The van der Waals surface area contributed by atoms with Crippen molar-refractivity contribution in [2.24, 2.45) is 0 Å². The highest BCUT2D eigenvalue weighted by atomic mass is 35.5. The lowest BCUT2D eigenvalue weighted by Crippen LogP contribution is -2.44. The molecule has 1 aliphatic heterocycles. The van der Waals surface area contributed by atoms with E-state index in [1.165, 1.54) is 0 Å². The molecule has 126 valence electrons. The molecule has 24 heavy (non-hydrogen) atoms. The Morgan fingerprint density at radius 1 is 1.33 bits per heavy atom. The number of hydrogen-bond donors (Lipinski definition) is 1. The average molecular weight is 346 g/mol. The fraction of sp³-hybridized carbons (Fsp3) is 0.333. The number of nitrogens with zero attached hydrogens (tertiary/aromatic N) is 2. The fourth-order valence-corrected chi connectivity index (χ4v) is 2.95. The molecule has 2 amide bonds. The number of benzene rings is 1. The number of carbonyl (C=O) groups is 1. The van der Waals surface area contributed by atoms with Gasteiger partial charge in [0.1, 0.15) is 6.10 Å². The van der Waals surface area contributed by atoms with Crippen LogP contribution in [0.15, 0.2) is 36.4 Å². The first-order valence-electron chi connectivity index (χ1n) is 7.90. The number of morpholine rings is 1. The van der Waals surface area contributed by atoms with E-state index in [-0.39, 0.29) is 12.1 Å². The van der Waals surface area contributed by atoms with Crippen molar-refractivity contribution in [3.8, 4) is 0 Å². The number of nitrogens with one attached hydrogen (secondary N) is 1. The largest absolute Gasteiger partial charge is 0.370 e. The molecular formula is C18H20ClN3O2. The SMILES string of the molecule is Cc1ccc(NC(=O)N2CCOC(c3cccc(Cl)c3)C2)c(C)n1. The van der Waals surface area contributed by atoms with E-state index in [4.69, 9.17) is 16.3 Å². The summed E-state index contributed by atoms with van der Waals surface area (Å²) in [5.74, 6) is 0. The molecule has 1 aromatic heterocycles. The molecule has 0 radical (unpaired) electrons. The maximum absolute atomic E-state index is 12.6. The summed E-state index contributed by atoms with van der Waals surface area (Å²) in [7, 11) is 0. The van der Waals surface area contributed by atoms with Gasteiger partial charge in [0, 0.05) is 17.3 Å². The summed E-state index contributed by atoms with van der Waals surface area (Å²) in [4.78, 5) is 18.7. The number of amides is 2. The second-order valence-corrected chi connectivity index (χ2v) is 6.31. The van der Waals surface area contributed by atoms with Gasteiger partial charge in [-0.1, -0.05) is 23.7 Å². The Hall–Kier alpha value is -2.11. The Balaban J connectivity index is 1.69. The number of carbonyl (C=O) groups excluding carboxylic acids is 1. The molecule has 1 aliphatic rings. The third-order valence-corrected chi connectivity index (χ3v) is 4.28. The minimum absolute atomic E-state index is 0.140. The van der Waals surface area contributed by atoms with E-state index >= 15 is 0 Å². The van der Waals surface area contributed by atoms with E-state index < -0.39 is 0 Å². The van der Waals surface area contributed by atoms with E-state index in [2.05, 4.69) is 10.3 Å². The van der Waals surface area contributed by atoms with Crippen molar-refractivity contribution in [2.45, 2.75) is 20.0 Å². The molecule has 1 aromatic carbocycles. The predicted molar refractivity (Wildman–Crippen MR) is 94.4 cm³/mol. The van der Waals surface area contributed by atoms with E-state index in [9.17, 15) is 4.79 Å². The number of urea groups is 1. The summed E-state index contributed by atoms with van der Waals surface area (Å²) in [5.41, 5.74) is 3.45. The fourth-order valence-electron chi connectivity index (χ4n) is 2.76. The molecule has 1 atom stereocenters. The van der Waals surface area contributed by atoms with E-state index in [1.807, 2.05) is 50.2 Å². The van der Waals surface area contributed by atoms with Crippen LogP contribution >= 0.6 is 11.6 Å². The smallest absolute Gasteiger partial charge is 0.322 e. The monoisotopic (exact) mass is 345 g/mol. The molecule has 2 aromatic rings.